The zero-order chi connectivity index (χ0) is 16.6. The van der Waals surface area contributed by atoms with Gasteiger partial charge in [0, 0.05) is 46.3 Å². The van der Waals surface area contributed by atoms with Gasteiger partial charge in [0.1, 0.15) is 0 Å². The van der Waals surface area contributed by atoms with Crippen molar-refractivity contribution in [2.75, 3.05) is 14.1 Å². The van der Waals surface area contributed by atoms with Crippen LogP contribution >= 0.6 is 0 Å². The Morgan fingerprint density at radius 2 is 2.17 bits per heavy atom. The zero-order valence-corrected chi connectivity index (χ0v) is 13.6. The number of aryl methyl sites for hydroxylation is 1. The number of rotatable bonds is 3. The summed E-state index contributed by atoms with van der Waals surface area (Å²) in [6.45, 7) is 2.21. The average Bonchev–Trinajstić information content (AvgIpc) is 3.07. The molecule has 0 spiro atoms. The van der Waals surface area contributed by atoms with E-state index in [0.717, 1.165) is 29.9 Å². The number of carbonyl (C=O) groups excluding carboxylic acids is 1. The fourth-order valence-corrected chi connectivity index (χ4v) is 2.95. The minimum Gasteiger partial charge on any atom is -0.343 e. The Bertz CT molecular complexity index is 800. The van der Waals surface area contributed by atoms with E-state index >= 15 is 0 Å². The van der Waals surface area contributed by atoms with Crippen molar-refractivity contribution >= 4 is 5.91 Å². The number of hydrogen-bond donors (Lipinski definition) is 0. The van der Waals surface area contributed by atoms with Crippen LogP contribution in [0, 0.1) is 11.3 Å². The molecule has 1 aliphatic heterocycles. The van der Waals surface area contributed by atoms with Crippen molar-refractivity contribution in [3.05, 3.63) is 52.3 Å². The van der Waals surface area contributed by atoms with E-state index in [1.165, 1.54) is 0 Å². The first-order valence-corrected chi connectivity index (χ1v) is 7.47. The Balaban J connectivity index is 1.81. The monoisotopic (exact) mass is 309 g/mol. The highest BCUT2D eigenvalue weighted by molar-refractivity contribution is 5.93. The highest BCUT2D eigenvalue weighted by Gasteiger charge is 2.30. The molecule has 2 heterocycles. The highest BCUT2D eigenvalue weighted by Crippen LogP contribution is 2.27. The SMILES string of the molecule is CN(C)C(=O)c1nn(C)c2c1CN(Cc1cccc(C#N)c1)C2. The summed E-state index contributed by atoms with van der Waals surface area (Å²) in [6, 6.07) is 9.81. The summed E-state index contributed by atoms with van der Waals surface area (Å²) in [7, 11) is 5.36. The second-order valence-electron chi connectivity index (χ2n) is 6.05. The summed E-state index contributed by atoms with van der Waals surface area (Å²) in [4.78, 5) is 16.1. The molecule has 0 unspecified atom stereocenters. The van der Waals surface area contributed by atoms with Crippen molar-refractivity contribution in [3.8, 4) is 6.07 Å². The molecule has 1 aromatic carbocycles. The lowest BCUT2D eigenvalue weighted by Crippen LogP contribution is -2.24. The summed E-state index contributed by atoms with van der Waals surface area (Å²) in [5, 5.41) is 13.4. The van der Waals surface area contributed by atoms with Gasteiger partial charge in [0.25, 0.3) is 5.91 Å². The van der Waals surface area contributed by atoms with Gasteiger partial charge < -0.3 is 4.90 Å². The lowest BCUT2D eigenvalue weighted by atomic mass is 10.1. The van der Waals surface area contributed by atoms with Gasteiger partial charge in [0.05, 0.1) is 17.3 Å². The molecule has 0 aliphatic carbocycles. The van der Waals surface area contributed by atoms with E-state index in [2.05, 4.69) is 16.1 Å². The number of fused-ring (bicyclic) bond motifs is 1. The van der Waals surface area contributed by atoms with Crippen molar-refractivity contribution in [1.82, 2.24) is 19.6 Å². The van der Waals surface area contributed by atoms with Gasteiger partial charge in [0.2, 0.25) is 0 Å². The Morgan fingerprint density at radius 1 is 1.39 bits per heavy atom. The summed E-state index contributed by atoms with van der Waals surface area (Å²) >= 11 is 0. The molecule has 3 rings (SSSR count). The lowest BCUT2D eigenvalue weighted by molar-refractivity contribution is 0.0819. The molecule has 1 aromatic heterocycles. The van der Waals surface area contributed by atoms with E-state index in [-0.39, 0.29) is 5.91 Å². The van der Waals surface area contributed by atoms with E-state index < -0.39 is 0 Å². The standard InChI is InChI=1S/C17H19N5O/c1-20(2)17(23)16-14-10-22(11-15(14)21(3)19-16)9-13-6-4-5-12(7-13)8-18/h4-7H,9-11H2,1-3H3. The van der Waals surface area contributed by atoms with Crippen LogP contribution in [-0.2, 0) is 26.7 Å². The quantitative estimate of drug-likeness (QED) is 0.862. The van der Waals surface area contributed by atoms with Crippen molar-refractivity contribution < 1.29 is 4.79 Å². The van der Waals surface area contributed by atoms with Crippen LogP contribution in [0.5, 0.6) is 0 Å². The molecule has 0 saturated carbocycles. The third-order valence-corrected chi connectivity index (χ3v) is 4.10. The van der Waals surface area contributed by atoms with Crippen molar-refractivity contribution in [1.29, 1.82) is 5.26 Å². The van der Waals surface area contributed by atoms with Crippen LogP contribution in [0.15, 0.2) is 24.3 Å². The molecule has 0 saturated heterocycles. The van der Waals surface area contributed by atoms with Gasteiger partial charge >= 0.3 is 0 Å². The first kappa shape index (κ1) is 15.3. The number of nitrogens with zero attached hydrogens (tertiary/aromatic N) is 5. The maximum absolute atomic E-state index is 12.3. The Hall–Kier alpha value is -2.65. The second kappa shape index (κ2) is 5.86. The lowest BCUT2D eigenvalue weighted by Gasteiger charge is -2.16. The Labute approximate surface area is 135 Å². The van der Waals surface area contributed by atoms with Crippen LogP contribution in [0.25, 0.3) is 0 Å². The first-order chi connectivity index (χ1) is 11.0. The molecule has 1 aliphatic rings. The zero-order valence-electron chi connectivity index (χ0n) is 13.6. The molecule has 0 fully saturated rings. The summed E-state index contributed by atoms with van der Waals surface area (Å²) in [5.74, 6) is -0.0600. The number of carbonyl (C=O) groups is 1. The molecule has 23 heavy (non-hydrogen) atoms. The maximum Gasteiger partial charge on any atom is 0.274 e. The number of benzene rings is 1. The molecule has 0 N–H and O–H groups in total. The number of amides is 1. The van der Waals surface area contributed by atoms with Gasteiger partial charge in [-0.05, 0) is 17.7 Å². The van der Waals surface area contributed by atoms with Gasteiger partial charge in [-0.1, -0.05) is 12.1 Å². The van der Waals surface area contributed by atoms with Crippen LogP contribution in [0.4, 0.5) is 0 Å². The van der Waals surface area contributed by atoms with Gasteiger partial charge in [0.15, 0.2) is 5.69 Å². The molecular formula is C17H19N5O. The van der Waals surface area contributed by atoms with E-state index in [1.54, 1.807) is 29.7 Å². The molecule has 0 bridgehead atoms. The van der Waals surface area contributed by atoms with Crippen LogP contribution < -0.4 is 0 Å². The molecule has 1 amide bonds. The molecule has 118 valence electrons. The summed E-state index contributed by atoms with van der Waals surface area (Å²) in [6.07, 6.45) is 0. The van der Waals surface area contributed by atoms with E-state index in [0.29, 0.717) is 17.8 Å². The van der Waals surface area contributed by atoms with E-state index in [4.69, 9.17) is 5.26 Å². The number of hydrogen-bond acceptors (Lipinski definition) is 4. The largest absolute Gasteiger partial charge is 0.343 e. The van der Waals surface area contributed by atoms with Crippen LogP contribution in [0.3, 0.4) is 0 Å². The van der Waals surface area contributed by atoms with Gasteiger partial charge in [-0.25, -0.2) is 0 Å². The molecule has 6 heteroatoms. The Kier molecular flexibility index (Phi) is 3.89. The van der Waals surface area contributed by atoms with Crippen LogP contribution in [-0.4, -0.2) is 39.6 Å². The van der Waals surface area contributed by atoms with Crippen molar-refractivity contribution in [2.24, 2.45) is 7.05 Å². The minimum atomic E-state index is -0.0600. The predicted molar refractivity (Wildman–Crippen MR) is 85.3 cm³/mol. The van der Waals surface area contributed by atoms with E-state index in [9.17, 15) is 4.79 Å². The second-order valence-corrected chi connectivity index (χ2v) is 6.05. The van der Waals surface area contributed by atoms with Crippen molar-refractivity contribution in [2.45, 2.75) is 19.6 Å². The van der Waals surface area contributed by atoms with Gasteiger partial charge in [-0.15, -0.1) is 0 Å². The fourth-order valence-electron chi connectivity index (χ4n) is 2.95. The highest BCUT2D eigenvalue weighted by atomic mass is 16.2. The van der Waals surface area contributed by atoms with Crippen LogP contribution in [0.2, 0.25) is 0 Å². The molecule has 0 atom stereocenters. The average molecular weight is 309 g/mol. The molecular weight excluding hydrogens is 290 g/mol. The fraction of sp³-hybridized carbons (Fsp3) is 0.353. The maximum atomic E-state index is 12.3. The summed E-state index contributed by atoms with van der Waals surface area (Å²) < 4.78 is 1.80. The van der Waals surface area contributed by atoms with Crippen LogP contribution in [0.1, 0.15) is 32.9 Å². The smallest absolute Gasteiger partial charge is 0.274 e. The van der Waals surface area contributed by atoms with Gasteiger partial charge in [-0.2, -0.15) is 10.4 Å². The Morgan fingerprint density at radius 3 is 2.87 bits per heavy atom. The number of aromatic nitrogens is 2. The molecule has 0 radical (unpaired) electrons. The van der Waals surface area contributed by atoms with Crippen molar-refractivity contribution in [3.63, 3.8) is 0 Å². The van der Waals surface area contributed by atoms with E-state index in [1.807, 2.05) is 25.2 Å². The topological polar surface area (TPSA) is 65.2 Å². The summed E-state index contributed by atoms with van der Waals surface area (Å²) in [5.41, 5.74) is 4.42. The molecule has 6 nitrogen and oxygen atoms in total. The predicted octanol–water partition coefficient (Wildman–Crippen LogP) is 1.51. The van der Waals surface area contributed by atoms with Gasteiger partial charge in [-0.3, -0.25) is 14.4 Å². The number of nitriles is 1. The normalized spacial score (nSPS) is 13.7. The third-order valence-electron chi connectivity index (χ3n) is 4.10. The third kappa shape index (κ3) is 2.83. The molecule has 2 aromatic rings. The minimum absolute atomic E-state index is 0.0600. The first-order valence-electron chi connectivity index (χ1n) is 7.47.